The molecule has 1 aromatic rings. The molecule has 3 N–H and O–H groups in total. The fourth-order valence-corrected chi connectivity index (χ4v) is 5.08. The van der Waals surface area contributed by atoms with Crippen LogP contribution < -0.4 is 10.1 Å². The van der Waals surface area contributed by atoms with Gasteiger partial charge in [0.15, 0.2) is 0 Å². The zero-order chi connectivity index (χ0) is 25.7. The summed E-state index contributed by atoms with van der Waals surface area (Å²) in [6.45, 7) is 0.855. The van der Waals surface area contributed by atoms with Crippen molar-refractivity contribution in [3.8, 4) is 5.75 Å². The maximum atomic E-state index is 12.7. The van der Waals surface area contributed by atoms with Gasteiger partial charge in [-0.15, -0.1) is 23.4 Å². The van der Waals surface area contributed by atoms with Gasteiger partial charge in [-0.3, -0.25) is 24.1 Å². The van der Waals surface area contributed by atoms with Crippen molar-refractivity contribution >= 4 is 53.1 Å². The highest BCUT2D eigenvalue weighted by Crippen LogP contribution is 2.40. The molecule has 11 nitrogen and oxygen atoms in total. The number of rotatable bonds is 11. The van der Waals surface area contributed by atoms with Crippen LogP contribution in [0, 0.1) is 5.92 Å². The lowest BCUT2D eigenvalue weighted by atomic mass is 10.00. The van der Waals surface area contributed by atoms with Gasteiger partial charge in [0.1, 0.15) is 35.4 Å². The molecule has 35 heavy (non-hydrogen) atoms. The van der Waals surface area contributed by atoms with E-state index in [1.807, 2.05) is 0 Å². The Morgan fingerprint density at radius 2 is 1.91 bits per heavy atom. The third-order valence-electron chi connectivity index (χ3n) is 5.36. The van der Waals surface area contributed by atoms with E-state index in [4.69, 9.17) is 21.1 Å². The molecule has 0 spiro atoms. The zero-order valence-electron chi connectivity index (χ0n) is 18.6. The van der Waals surface area contributed by atoms with Gasteiger partial charge < -0.3 is 25.0 Å². The van der Waals surface area contributed by atoms with Crippen LogP contribution in [0.4, 0.5) is 0 Å². The van der Waals surface area contributed by atoms with Crippen LogP contribution in [0.5, 0.6) is 5.75 Å². The molecule has 0 radical (unpaired) electrons. The zero-order valence-corrected chi connectivity index (χ0v) is 20.1. The molecule has 0 bridgehead atoms. The number of carbonyl (C=O) groups excluding carboxylic acids is 3. The molecule has 2 aliphatic rings. The summed E-state index contributed by atoms with van der Waals surface area (Å²) in [6.07, 6.45) is -0.145. The van der Waals surface area contributed by atoms with Gasteiger partial charge in [-0.25, -0.2) is 4.79 Å². The van der Waals surface area contributed by atoms with Gasteiger partial charge in [-0.1, -0.05) is 12.1 Å². The Balaban J connectivity index is 1.61. The van der Waals surface area contributed by atoms with Crippen LogP contribution in [0.25, 0.3) is 0 Å². The second-order valence-corrected chi connectivity index (χ2v) is 9.11. The number of hydrogen-bond acceptors (Lipinski definition) is 8. The predicted octanol–water partition coefficient (Wildman–Crippen LogP) is 1.20. The van der Waals surface area contributed by atoms with Gasteiger partial charge in [0.25, 0.3) is 5.91 Å². The highest BCUT2D eigenvalue weighted by Gasteiger charge is 2.54. The van der Waals surface area contributed by atoms with Crippen LogP contribution in [-0.4, -0.2) is 75.2 Å². The molecular weight excluding hydrogens is 504 g/mol. The van der Waals surface area contributed by atoms with E-state index >= 15 is 0 Å². The number of carboxylic acids is 2. The minimum atomic E-state index is -1.47. The summed E-state index contributed by atoms with van der Waals surface area (Å²) in [7, 11) is 0. The lowest BCUT2D eigenvalue weighted by Crippen LogP contribution is -2.71. The summed E-state index contributed by atoms with van der Waals surface area (Å²) in [6, 6.07) is 5.80. The lowest BCUT2D eigenvalue weighted by molar-refractivity contribution is -0.154. The molecule has 3 rings (SSSR count). The maximum Gasteiger partial charge on any atom is 0.352 e. The smallest absolute Gasteiger partial charge is 0.352 e. The van der Waals surface area contributed by atoms with E-state index in [-0.39, 0.29) is 36.7 Å². The minimum absolute atomic E-state index is 0.0566. The van der Waals surface area contributed by atoms with Crippen LogP contribution in [0.3, 0.4) is 0 Å². The van der Waals surface area contributed by atoms with Crippen LogP contribution in [0.2, 0.25) is 0 Å². The Labute approximate surface area is 209 Å². The number of fused-ring (bicyclic) bond motifs is 1. The molecule has 3 atom stereocenters. The third kappa shape index (κ3) is 6.06. The lowest BCUT2D eigenvalue weighted by Gasteiger charge is -2.49. The van der Waals surface area contributed by atoms with Gasteiger partial charge in [-0.2, -0.15) is 0 Å². The fourth-order valence-electron chi connectivity index (χ4n) is 3.57. The number of halogens is 1. The molecule has 2 amide bonds. The number of thioether (sulfide) groups is 1. The van der Waals surface area contributed by atoms with Gasteiger partial charge in [0.05, 0.1) is 6.61 Å². The van der Waals surface area contributed by atoms with Crippen molar-refractivity contribution in [3.05, 3.63) is 41.1 Å². The average Bonchev–Trinajstić information content (AvgIpc) is 2.82. The quantitative estimate of drug-likeness (QED) is 0.165. The Hall–Kier alpha value is -3.25. The molecule has 1 aromatic carbocycles. The second-order valence-electron chi connectivity index (χ2n) is 7.74. The monoisotopic (exact) mass is 526 g/mol. The van der Waals surface area contributed by atoms with Crippen LogP contribution in [0.15, 0.2) is 35.5 Å². The van der Waals surface area contributed by atoms with Crippen LogP contribution in [-0.2, 0) is 34.6 Å². The fraction of sp³-hybridized carbons (Fsp3) is 0.409. The van der Waals surface area contributed by atoms with E-state index in [1.54, 1.807) is 24.3 Å². The number of nitrogens with one attached hydrogen (secondary N) is 1. The molecule has 0 saturated carbocycles. The first-order valence-corrected chi connectivity index (χ1v) is 12.1. The molecule has 0 aliphatic carbocycles. The normalized spacial score (nSPS) is 19.8. The SMILES string of the molecule is CC(=O)OCC1=C(C(=O)O)N2C(=O)C(NC(=O)C(CCOc3ccc(CCl)cc3)C(=O)O)C2SC1. The number of nitrogens with zero attached hydrogens (tertiary/aromatic N) is 1. The topological polar surface area (TPSA) is 160 Å². The summed E-state index contributed by atoms with van der Waals surface area (Å²) in [4.78, 5) is 60.9. The van der Waals surface area contributed by atoms with E-state index in [0.717, 1.165) is 10.5 Å². The number of ether oxygens (including phenoxy) is 2. The summed E-state index contributed by atoms with van der Waals surface area (Å²) >= 11 is 6.92. The molecular formula is C22H23ClN2O9S. The molecule has 13 heteroatoms. The Bertz CT molecular complexity index is 1060. The van der Waals surface area contributed by atoms with Crippen molar-refractivity contribution in [3.63, 3.8) is 0 Å². The first-order valence-electron chi connectivity index (χ1n) is 10.5. The summed E-state index contributed by atoms with van der Waals surface area (Å²) in [5.74, 6) is -5.37. The van der Waals surface area contributed by atoms with Crippen molar-refractivity contribution < 1.29 is 43.7 Å². The maximum absolute atomic E-state index is 12.7. The Kier molecular flexibility index (Phi) is 8.62. The van der Waals surface area contributed by atoms with Crippen molar-refractivity contribution in [2.75, 3.05) is 19.0 Å². The highest BCUT2D eigenvalue weighted by molar-refractivity contribution is 8.00. The summed E-state index contributed by atoms with van der Waals surface area (Å²) < 4.78 is 10.4. The predicted molar refractivity (Wildman–Crippen MR) is 124 cm³/mol. The molecule has 0 aromatic heterocycles. The number of esters is 1. The molecule has 188 valence electrons. The first-order chi connectivity index (χ1) is 16.6. The Morgan fingerprint density at radius 1 is 1.23 bits per heavy atom. The first kappa shape index (κ1) is 26.4. The highest BCUT2D eigenvalue weighted by atomic mass is 35.5. The van der Waals surface area contributed by atoms with Crippen molar-refractivity contribution in [1.82, 2.24) is 10.2 Å². The molecule has 2 aliphatic heterocycles. The molecule has 3 unspecified atom stereocenters. The number of hydrogen-bond donors (Lipinski definition) is 3. The molecule has 2 heterocycles. The van der Waals surface area contributed by atoms with E-state index in [1.165, 1.54) is 18.7 Å². The van der Waals surface area contributed by atoms with E-state index < -0.39 is 47.1 Å². The number of aliphatic carboxylic acids is 2. The molecule has 1 saturated heterocycles. The minimum Gasteiger partial charge on any atom is -0.494 e. The molecule has 1 fully saturated rings. The summed E-state index contributed by atoms with van der Waals surface area (Å²) in [5, 5.41) is 20.8. The summed E-state index contributed by atoms with van der Waals surface area (Å²) in [5.41, 5.74) is 0.849. The van der Waals surface area contributed by atoms with Crippen molar-refractivity contribution in [2.45, 2.75) is 30.6 Å². The van der Waals surface area contributed by atoms with Gasteiger partial charge in [0, 0.05) is 30.6 Å². The van der Waals surface area contributed by atoms with Gasteiger partial charge >= 0.3 is 17.9 Å². The number of alkyl halides is 1. The van der Waals surface area contributed by atoms with Crippen molar-refractivity contribution in [2.24, 2.45) is 5.92 Å². The van der Waals surface area contributed by atoms with Gasteiger partial charge in [-0.05, 0) is 17.7 Å². The second kappa shape index (κ2) is 11.5. The van der Waals surface area contributed by atoms with E-state index in [0.29, 0.717) is 11.6 Å². The number of β-lactam (4-membered cyclic amide) rings is 1. The van der Waals surface area contributed by atoms with E-state index in [9.17, 15) is 34.2 Å². The third-order valence-corrected chi connectivity index (χ3v) is 7.01. The number of amides is 2. The largest absolute Gasteiger partial charge is 0.494 e. The van der Waals surface area contributed by atoms with Crippen LogP contribution in [0.1, 0.15) is 18.9 Å². The number of benzene rings is 1. The van der Waals surface area contributed by atoms with Crippen LogP contribution >= 0.6 is 23.4 Å². The Morgan fingerprint density at radius 3 is 2.49 bits per heavy atom. The number of carboxylic acid groups (broad SMARTS) is 2. The number of carbonyl (C=O) groups is 5. The standard InChI is InChI=1S/C22H23ClN2O9S/c1-11(26)34-9-13-10-35-20-16(19(28)25(20)17(13)22(31)32)24-18(27)15(21(29)30)6-7-33-14-4-2-12(8-23)3-5-14/h2-5,15-16,20H,6-10H2,1H3,(H,24,27)(H,29,30)(H,31,32). The van der Waals surface area contributed by atoms with E-state index in [2.05, 4.69) is 5.32 Å². The average molecular weight is 527 g/mol. The van der Waals surface area contributed by atoms with Gasteiger partial charge in [0.2, 0.25) is 5.91 Å². The van der Waals surface area contributed by atoms with Crippen molar-refractivity contribution in [1.29, 1.82) is 0 Å².